The number of ether oxygens (including phenoxy) is 1. The highest BCUT2D eigenvalue weighted by Gasteiger charge is 2.20. The highest BCUT2D eigenvalue weighted by Crippen LogP contribution is 2.24. The fourth-order valence-electron chi connectivity index (χ4n) is 3.08. The number of anilines is 1. The van der Waals surface area contributed by atoms with Gasteiger partial charge in [0.05, 0.1) is 12.7 Å². The van der Waals surface area contributed by atoms with Crippen LogP contribution in [0.5, 0.6) is 0 Å². The summed E-state index contributed by atoms with van der Waals surface area (Å²) < 4.78 is 5.83. The number of aromatic nitrogens is 2. The van der Waals surface area contributed by atoms with Gasteiger partial charge in [0.1, 0.15) is 12.1 Å². The lowest BCUT2D eigenvalue weighted by Crippen LogP contribution is -2.45. The zero-order valence-corrected chi connectivity index (χ0v) is 12.3. The van der Waals surface area contributed by atoms with E-state index in [0.29, 0.717) is 0 Å². The molecule has 0 amide bonds. The van der Waals surface area contributed by atoms with E-state index in [1.54, 1.807) is 6.33 Å². The molecule has 3 rings (SSSR count). The fourth-order valence-corrected chi connectivity index (χ4v) is 3.08. The summed E-state index contributed by atoms with van der Waals surface area (Å²) in [6.07, 6.45) is 6.64. The number of hydrogen-bond acceptors (Lipinski definition) is 5. The molecule has 0 spiro atoms. The third kappa shape index (κ3) is 3.10. The lowest BCUT2D eigenvalue weighted by molar-refractivity contribution is -0.0192. The normalized spacial score (nSPS) is 23.4. The van der Waals surface area contributed by atoms with Crippen molar-refractivity contribution in [2.24, 2.45) is 0 Å². The molecule has 1 N–H and O–H groups in total. The van der Waals surface area contributed by atoms with Gasteiger partial charge in [0.25, 0.3) is 0 Å². The van der Waals surface area contributed by atoms with E-state index in [0.717, 1.165) is 51.4 Å². The average Bonchev–Trinajstić information content (AvgIpc) is 2.53. The van der Waals surface area contributed by atoms with E-state index in [2.05, 4.69) is 27.1 Å². The Morgan fingerprint density at radius 1 is 1.35 bits per heavy atom. The standard InChI is InChI=1S/C15H24N4O/c1-2-19-7-8-20-12(10-19)9-16-15-13-5-3-4-6-14(13)17-11-18-15/h11-12H,2-10H2,1H3,(H,16,17,18). The van der Waals surface area contributed by atoms with Gasteiger partial charge in [-0.2, -0.15) is 0 Å². The Kier molecular flexibility index (Phi) is 4.47. The van der Waals surface area contributed by atoms with Crippen LogP contribution in [0.4, 0.5) is 5.82 Å². The molecule has 0 saturated carbocycles. The summed E-state index contributed by atoms with van der Waals surface area (Å²) in [4.78, 5) is 11.3. The van der Waals surface area contributed by atoms with Gasteiger partial charge in [-0.15, -0.1) is 0 Å². The van der Waals surface area contributed by atoms with Gasteiger partial charge in [-0.1, -0.05) is 6.92 Å². The molecule has 1 saturated heterocycles. The number of likely N-dealkylation sites (N-methyl/N-ethyl adjacent to an activating group) is 1. The molecule has 20 heavy (non-hydrogen) atoms. The quantitative estimate of drug-likeness (QED) is 0.903. The van der Waals surface area contributed by atoms with Gasteiger partial charge in [0.15, 0.2) is 0 Å². The number of fused-ring (bicyclic) bond motifs is 1. The number of morpholine rings is 1. The summed E-state index contributed by atoms with van der Waals surface area (Å²) in [7, 11) is 0. The monoisotopic (exact) mass is 276 g/mol. The lowest BCUT2D eigenvalue weighted by Gasteiger charge is -2.32. The molecule has 0 bridgehead atoms. The van der Waals surface area contributed by atoms with Crippen LogP contribution in [0, 0.1) is 0 Å². The van der Waals surface area contributed by atoms with Gasteiger partial charge in [0.2, 0.25) is 0 Å². The van der Waals surface area contributed by atoms with Crippen LogP contribution in [0.15, 0.2) is 6.33 Å². The molecule has 1 unspecified atom stereocenters. The molecule has 110 valence electrons. The number of nitrogens with zero attached hydrogens (tertiary/aromatic N) is 3. The molecule has 5 nitrogen and oxygen atoms in total. The van der Waals surface area contributed by atoms with Gasteiger partial charge < -0.3 is 10.1 Å². The molecule has 0 aromatic carbocycles. The Balaban J connectivity index is 1.61. The predicted octanol–water partition coefficient (Wildman–Crippen LogP) is 1.49. The van der Waals surface area contributed by atoms with Crippen LogP contribution in [-0.2, 0) is 17.6 Å². The Hall–Kier alpha value is -1.20. The summed E-state index contributed by atoms with van der Waals surface area (Å²) in [6, 6.07) is 0. The topological polar surface area (TPSA) is 50.3 Å². The van der Waals surface area contributed by atoms with Crippen LogP contribution in [0.1, 0.15) is 31.0 Å². The number of rotatable bonds is 4. The van der Waals surface area contributed by atoms with E-state index in [-0.39, 0.29) is 6.10 Å². The molecule has 1 aromatic rings. The second kappa shape index (κ2) is 6.50. The summed E-state index contributed by atoms with van der Waals surface area (Å²) in [6.45, 7) is 7.04. The van der Waals surface area contributed by atoms with Crippen molar-refractivity contribution in [1.82, 2.24) is 14.9 Å². The Morgan fingerprint density at radius 3 is 3.15 bits per heavy atom. The maximum absolute atomic E-state index is 5.83. The smallest absolute Gasteiger partial charge is 0.132 e. The maximum Gasteiger partial charge on any atom is 0.132 e. The molecular weight excluding hydrogens is 252 g/mol. The van der Waals surface area contributed by atoms with Gasteiger partial charge in [-0.25, -0.2) is 9.97 Å². The van der Waals surface area contributed by atoms with Crippen LogP contribution < -0.4 is 5.32 Å². The van der Waals surface area contributed by atoms with Crippen molar-refractivity contribution >= 4 is 5.82 Å². The molecule has 0 radical (unpaired) electrons. The van der Waals surface area contributed by atoms with Crippen molar-refractivity contribution in [1.29, 1.82) is 0 Å². The van der Waals surface area contributed by atoms with Crippen molar-refractivity contribution in [2.75, 3.05) is 38.1 Å². The van der Waals surface area contributed by atoms with E-state index < -0.39 is 0 Å². The minimum Gasteiger partial charge on any atom is -0.374 e. The van der Waals surface area contributed by atoms with Crippen molar-refractivity contribution in [3.05, 3.63) is 17.6 Å². The van der Waals surface area contributed by atoms with Crippen LogP contribution in [0.25, 0.3) is 0 Å². The van der Waals surface area contributed by atoms with Gasteiger partial charge >= 0.3 is 0 Å². The average molecular weight is 276 g/mol. The van der Waals surface area contributed by atoms with Crippen molar-refractivity contribution < 1.29 is 4.74 Å². The lowest BCUT2D eigenvalue weighted by atomic mass is 9.96. The molecule has 1 aliphatic heterocycles. The van der Waals surface area contributed by atoms with E-state index in [1.807, 2.05) is 0 Å². The Morgan fingerprint density at radius 2 is 2.25 bits per heavy atom. The molecule has 1 fully saturated rings. The minimum atomic E-state index is 0.262. The van der Waals surface area contributed by atoms with Crippen LogP contribution in [0.3, 0.4) is 0 Å². The van der Waals surface area contributed by atoms with E-state index in [1.165, 1.54) is 24.1 Å². The fraction of sp³-hybridized carbons (Fsp3) is 0.733. The molecule has 1 atom stereocenters. The van der Waals surface area contributed by atoms with Gasteiger partial charge in [0, 0.05) is 30.9 Å². The van der Waals surface area contributed by atoms with Crippen molar-refractivity contribution in [3.8, 4) is 0 Å². The maximum atomic E-state index is 5.83. The summed E-state index contributed by atoms with van der Waals surface area (Å²) in [5, 5.41) is 3.48. The van der Waals surface area contributed by atoms with Crippen LogP contribution >= 0.6 is 0 Å². The number of aryl methyl sites for hydroxylation is 1. The second-order valence-corrected chi connectivity index (χ2v) is 5.62. The number of nitrogens with one attached hydrogen (secondary N) is 1. The molecule has 2 aliphatic rings. The first-order valence-corrected chi connectivity index (χ1v) is 7.77. The Labute approximate surface area is 120 Å². The molecule has 2 heterocycles. The molecular formula is C15H24N4O. The van der Waals surface area contributed by atoms with Crippen molar-refractivity contribution in [3.63, 3.8) is 0 Å². The van der Waals surface area contributed by atoms with E-state index >= 15 is 0 Å². The number of hydrogen-bond donors (Lipinski definition) is 1. The summed E-state index contributed by atoms with van der Waals surface area (Å²) in [5.41, 5.74) is 2.55. The molecule has 1 aliphatic carbocycles. The molecule has 5 heteroatoms. The zero-order valence-electron chi connectivity index (χ0n) is 12.3. The Bertz CT molecular complexity index is 451. The zero-order chi connectivity index (χ0) is 13.8. The highest BCUT2D eigenvalue weighted by atomic mass is 16.5. The van der Waals surface area contributed by atoms with Crippen LogP contribution in [0.2, 0.25) is 0 Å². The second-order valence-electron chi connectivity index (χ2n) is 5.62. The van der Waals surface area contributed by atoms with Crippen molar-refractivity contribution in [2.45, 2.75) is 38.7 Å². The SMILES string of the molecule is CCN1CCOC(CNc2ncnc3c2CCCC3)C1. The predicted molar refractivity (Wildman–Crippen MR) is 79.0 cm³/mol. The summed E-state index contributed by atoms with van der Waals surface area (Å²) >= 11 is 0. The van der Waals surface area contributed by atoms with E-state index in [4.69, 9.17) is 4.74 Å². The highest BCUT2D eigenvalue weighted by molar-refractivity contribution is 5.47. The minimum absolute atomic E-state index is 0.262. The third-order valence-corrected chi connectivity index (χ3v) is 4.29. The van der Waals surface area contributed by atoms with Crippen LogP contribution in [-0.4, -0.2) is 53.8 Å². The first-order valence-electron chi connectivity index (χ1n) is 7.77. The largest absolute Gasteiger partial charge is 0.374 e. The van der Waals surface area contributed by atoms with E-state index in [9.17, 15) is 0 Å². The summed E-state index contributed by atoms with van der Waals surface area (Å²) in [5.74, 6) is 1.02. The van der Waals surface area contributed by atoms with Gasteiger partial charge in [-0.3, -0.25) is 4.90 Å². The first-order chi connectivity index (χ1) is 9.86. The van der Waals surface area contributed by atoms with Gasteiger partial charge in [-0.05, 0) is 32.2 Å². The first kappa shape index (κ1) is 13.8. The third-order valence-electron chi connectivity index (χ3n) is 4.29. The molecule has 1 aromatic heterocycles.